The van der Waals surface area contributed by atoms with Crippen LogP contribution in [0.2, 0.25) is 0 Å². The Hall–Kier alpha value is -0.900. The molecule has 1 aliphatic rings. The van der Waals surface area contributed by atoms with Crippen molar-refractivity contribution in [2.75, 3.05) is 52.9 Å². The van der Waals surface area contributed by atoms with Gasteiger partial charge in [0.25, 0.3) is 0 Å². The maximum Gasteiger partial charge on any atom is 0.0176 e. The number of nitrogens with one attached hydrogen (secondary N) is 1. The van der Waals surface area contributed by atoms with E-state index in [1.54, 1.807) is 0 Å². The first-order chi connectivity index (χ1) is 9.68. The molecular weight excluding hydrogens is 246 g/mol. The van der Waals surface area contributed by atoms with Crippen LogP contribution in [0, 0.1) is 0 Å². The van der Waals surface area contributed by atoms with Crippen LogP contribution in [0.5, 0.6) is 0 Å². The van der Waals surface area contributed by atoms with Crippen LogP contribution >= 0.6 is 0 Å². The molecule has 0 bridgehead atoms. The van der Waals surface area contributed by atoms with Crippen LogP contribution in [0.3, 0.4) is 0 Å². The van der Waals surface area contributed by atoms with Gasteiger partial charge in [0.15, 0.2) is 0 Å². The zero-order valence-electron chi connectivity index (χ0n) is 13.2. The van der Waals surface area contributed by atoms with Gasteiger partial charge in [0.1, 0.15) is 0 Å². The number of hydrogen-bond acceptors (Lipinski definition) is 3. The quantitative estimate of drug-likeness (QED) is 0.854. The van der Waals surface area contributed by atoms with Crippen molar-refractivity contribution in [3.63, 3.8) is 0 Å². The molecule has 112 valence electrons. The van der Waals surface area contributed by atoms with E-state index < -0.39 is 0 Å². The van der Waals surface area contributed by atoms with Crippen LogP contribution in [0.15, 0.2) is 30.3 Å². The molecule has 1 fully saturated rings. The summed E-state index contributed by atoms with van der Waals surface area (Å²) in [6.45, 7) is 12.8. The third-order valence-corrected chi connectivity index (χ3v) is 4.52. The largest absolute Gasteiger partial charge is 0.319 e. The Balaban J connectivity index is 2.03. The van der Waals surface area contributed by atoms with Gasteiger partial charge in [0.2, 0.25) is 0 Å². The minimum Gasteiger partial charge on any atom is -0.319 e. The number of nitrogens with zero attached hydrogens (tertiary/aromatic N) is 2. The molecule has 0 radical (unpaired) electrons. The molecule has 1 aliphatic heterocycles. The summed E-state index contributed by atoms with van der Waals surface area (Å²) >= 11 is 0. The third-order valence-electron chi connectivity index (χ3n) is 4.52. The topological polar surface area (TPSA) is 18.5 Å². The summed E-state index contributed by atoms with van der Waals surface area (Å²) in [5, 5.41) is 3.38. The molecule has 20 heavy (non-hydrogen) atoms. The molecule has 0 amide bonds. The molecule has 1 aromatic carbocycles. The van der Waals surface area contributed by atoms with Gasteiger partial charge >= 0.3 is 0 Å². The first-order valence-electron chi connectivity index (χ1n) is 7.83. The van der Waals surface area contributed by atoms with E-state index in [-0.39, 0.29) is 5.41 Å². The number of hydrogen-bond donors (Lipinski definition) is 1. The predicted molar refractivity (Wildman–Crippen MR) is 86.3 cm³/mol. The van der Waals surface area contributed by atoms with Gasteiger partial charge in [-0.2, -0.15) is 0 Å². The van der Waals surface area contributed by atoms with E-state index in [1.807, 2.05) is 0 Å². The van der Waals surface area contributed by atoms with Gasteiger partial charge in [0.05, 0.1) is 0 Å². The zero-order valence-corrected chi connectivity index (χ0v) is 13.2. The van der Waals surface area contributed by atoms with Crippen molar-refractivity contribution in [2.24, 2.45) is 0 Å². The van der Waals surface area contributed by atoms with Crippen molar-refractivity contribution < 1.29 is 0 Å². The molecule has 0 saturated carbocycles. The van der Waals surface area contributed by atoms with Crippen molar-refractivity contribution in [3.05, 3.63) is 35.9 Å². The highest BCUT2D eigenvalue weighted by atomic mass is 15.3. The lowest BCUT2D eigenvalue weighted by Crippen LogP contribution is -2.52. The zero-order chi connectivity index (χ0) is 14.4. The summed E-state index contributed by atoms with van der Waals surface area (Å²) in [6, 6.07) is 10.9. The van der Waals surface area contributed by atoms with E-state index in [4.69, 9.17) is 0 Å². The number of piperazine rings is 1. The van der Waals surface area contributed by atoms with Gasteiger partial charge < -0.3 is 10.2 Å². The minimum atomic E-state index is 0.185. The van der Waals surface area contributed by atoms with Crippen LogP contribution in [-0.2, 0) is 5.41 Å². The highest BCUT2D eigenvalue weighted by Gasteiger charge is 2.29. The van der Waals surface area contributed by atoms with Crippen molar-refractivity contribution in [1.29, 1.82) is 0 Å². The first kappa shape index (κ1) is 15.5. The van der Waals surface area contributed by atoms with Crippen LogP contribution in [0.1, 0.15) is 19.4 Å². The fraction of sp³-hybridized carbons (Fsp3) is 0.647. The van der Waals surface area contributed by atoms with E-state index in [0.717, 1.165) is 13.1 Å². The molecule has 1 N–H and O–H groups in total. The number of rotatable bonds is 6. The summed E-state index contributed by atoms with van der Waals surface area (Å²) in [4.78, 5) is 5.16. The molecular formula is C17H29N3. The maximum atomic E-state index is 3.38. The van der Waals surface area contributed by atoms with Gasteiger partial charge in [-0.25, -0.2) is 0 Å². The van der Waals surface area contributed by atoms with E-state index in [2.05, 4.69) is 66.3 Å². The molecule has 1 saturated heterocycles. The average Bonchev–Trinajstić information content (AvgIpc) is 2.49. The second-order valence-electron chi connectivity index (χ2n) is 6.17. The van der Waals surface area contributed by atoms with Crippen LogP contribution < -0.4 is 5.32 Å². The van der Waals surface area contributed by atoms with E-state index in [1.165, 1.54) is 38.3 Å². The van der Waals surface area contributed by atoms with Crippen molar-refractivity contribution in [2.45, 2.75) is 19.3 Å². The standard InChI is InChI=1S/C17H29N3/c1-4-19-10-12-20(13-11-19)15-17(2,14-18-3)16-8-6-5-7-9-16/h5-9,18H,4,10-15H2,1-3H3. The molecule has 0 spiro atoms. The summed E-state index contributed by atoms with van der Waals surface area (Å²) < 4.78 is 0. The second kappa shape index (κ2) is 7.21. The summed E-state index contributed by atoms with van der Waals surface area (Å²) in [5.41, 5.74) is 1.62. The van der Waals surface area contributed by atoms with Crippen molar-refractivity contribution in [1.82, 2.24) is 15.1 Å². The number of benzene rings is 1. The first-order valence-corrected chi connectivity index (χ1v) is 7.83. The van der Waals surface area contributed by atoms with Gasteiger partial charge in [-0.3, -0.25) is 4.90 Å². The molecule has 3 nitrogen and oxygen atoms in total. The fourth-order valence-electron chi connectivity index (χ4n) is 3.24. The highest BCUT2D eigenvalue weighted by Crippen LogP contribution is 2.24. The second-order valence-corrected chi connectivity index (χ2v) is 6.17. The average molecular weight is 275 g/mol. The normalized spacial score (nSPS) is 20.8. The lowest BCUT2D eigenvalue weighted by Gasteiger charge is -2.40. The monoisotopic (exact) mass is 275 g/mol. The van der Waals surface area contributed by atoms with Crippen LogP contribution in [0.4, 0.5) is 0 Å². The molecule has 2 rings (SSSR count). The Labute approximate surface area is 124 Å². The van der Waals surface area contributed by atoms with E-state index in [0.29, 0.717) is 0 Å². The lowest BCUT2D eigenvalue weighted by molar-refractivity contribution is 0.115. The highest BCUT2D eigenvalue weighted by molar-refractivity contribution is 5.25. The van der Waals surface area contributed by atoms with Gasteiger partial charge in [-0.05, 0) is 19.2 Å². The van der Waals surface area contributed by atoms with Gasteiger partial charge in [-0.15, -0.1) is 0 Å². The molecule has 1 atom stereocenters. The van der Waals surface area contributed by atoms with Gasteiger partial charge in [-0.1, -0.05) is 44.2 Å². The van der Waals surface area contributed by atoms with Gasteiger partial charge in [0, 0.05) is 44.7 Å². The SMILES string of the molecule is CCN1CCN(CC(C)(CNC)c2ccccc2)CC1. The Morgan fingerprint density at radius 2 is 1.65 bits per heavy atom. The summed E-state index contributed by atoms with van der Waals surface area (Å²) in [5.74, 6) is 0. The van der Waals surface area contributed by atoms with E-state index in [9.17, 15) is 0 Å². The van der Waals surface area contributed by atoms with Crippen molar-refractivity contribution in [3.8, 4) is 0 Å². The molecule has 1 unspecified atom stereocenters. The van der Waals surface area contributed by atoms with Crippen LogP contribution in [-0.4, -0.2) is 62.7 Å². The predicted octanol–water partition coefficient (Wildman–Crippen LogP) is 1.80. The summed E-state index contributed by atoms with van der Waals surface area (Å²) in [7, 11) is 2.05. The fourth-order valence-corrected chi connectivity index (χ4v) is 3.24. The Bertz CT molecular complexity index is 384. The Kier molecular flexibility index (Phi) is 5.58. The van der Waals surface area contributed by atoms with Crippen molar-refractivity contribution >= 4 is 0 Å². The Morgan fingerprint density at radius 3 is 2.20 bits per heavy atom. The molecule has 1 heterocycles. The Morgan fingerprint density at radius 1 is 1.05 bits per heavy atom. The molecule has 0 aromatic heterocycles. The van der Waals surface area contributed by atoms with E-state index >= 15 is 0 Å². The molecule has 0 aliphatic carbocycles. The maximum absolute atomic E-state index is 3.38. The van der Waals surface area contributed by atoms with Crippen LogP contribution in [0.25, 0.3) is 0 Å². The number of likely N-dealkylation sites (N-methyl/N-ethyl adjacent to an activating group) is 2. The third kappa shape index (κ3) is 3.81. The molecule has 3 heteroatoms. The summed E-state index contributed by atoms with van der Waals surface area (Å²) in [6.07, 6.45) is 0. The molecule has 1 aromatic rings. The smallest absolute Gasteiger partial charge is 0.0176 e. The minimum absolute atomic E-state index is 0.185. The lowest BCUT2D eigenvalue weighted by atomic mass is 9.81.